The minimum Gasteiger partial charge on any atom is -0.466 e. The molecule has 1 aromatic rings. The molecule has 6 heteroatoms. The number of nitrogens with one attached hydrogen (secondary N) is 1. The molecule has 0 amide bonds. The van der Waals surface area contributed by atoms with Crippen molar-refractivity contribution < 1.29 is 9.53 Å². The normalized spacial score (nSPS) is 19.5. The summed E-state index contributed by atoms with van der Waals surface area (Å²) in [5, 5.41) is 6.29. The summed E-state index contributed by atoms with van der Waals surface area (Å²) in [4.78, 5) is 15.8. The highest BCUT2D eigenvalue weighted by atomic mass is 32.2. The summed E-state index contributed by atoms with van der Waals surface area (Å²) in [5.74, 6) is 2.21. The Kier molecular flexibility index (Phi) is 5.31. The molecule has 1 aliphatic heterocycles. The summed E-state index contributed by atoms with van der Waals surface area (Å²) >= 11 is 3.55. The number of thiazole rings is 1. The van der Waals surface area contributed by atoms with Gasteiger partial charge < -0.3 is 10.1 Å². The second-order valence-electron chi connectivity index (χ2n) is 4.18. The highest BCUT2D eigenvalue weighted by Crippen LogP contribution is 2.23. The highest BCUT2D eigenvalue weighted by molar-refractivity contribution is 7.99. The Morgan fingerprint density at radius 3 is 3.28 bits per heavy atom. The zero-order chi connectivity index (χ0) is 12.8. The number of carbonyl (C=O) groups is 1. The number of anilines is 1. The summed E-state index contributed by atoms with van der Waals surface area (Å²) in [6.45, 7) is 2.24. The van der Waals surface area contributed by atoms with E-state index in [0.717, 1.165) is 16.6 Å². The van der Waals surface area contributed by atoms with Gasteiger partial charge in [0, 0.05) is 17.2 Å². The van der Waals surface area contributed by atoms with Crippen molar-refractivity contribution >= 4 is 34.2 Å². The minimum absolute atomic E-state index is 0.206. The number of thioether (sulfide) groups is 1. The maximum absolute atomic E-state index is 11.3. The van der Waals surface area contributed by atoms with Gasteiger partial charge in [0.05, 0.1) is 18.7 Å². The summed E-state index contributed by atoms with van der Waals surface area (Å²) < 4.78 is 4.91. The lowest BCUT2D eigenvalue weighted by Gasteiger charge is -2.21. The van der Waals surface area contributed by atoms with Gasteiger partial charge in [0.1, 0.15) is 0 Å². The van der Waals surface area contributed by atoms with E-state index in [9.17, 15) is 4.79 Å². The standard InChI is InChI=1S/C12H18N2O2S2/c1-2-16-11(15)6-10-8-18-12(14-10)13-9-4-3-5-17-7-9/h8-9H,2-7H2,1H3,(H,13,14). The molecule has 100 valence electrons. The van der Waals surface area contributed by atoms with Gasteiger partial charge in [-0.3, -0.25) is 4.79 Å². The van der Waals surface area contributed by atoms with Crippen LogP contribution in [0, 0.1) is 0 Å². The second kappa shape index (κ2) is 6.99. The maximum Gasteiger partial charge on any atom is 0.311 e. The van der Waals surface area contributed by atoms with Gasteiger partial charge in [0.15, 0.2) is 5.13 Å². The Morgan fingerprint density at radius 2 is 2.56 bits per heavy atom. The molecule has 0 spiro atoms. The summed E-state index contributed by atoms with van der Waals surface area (Å²) in [6.07, 6.45) is 2.74. The van der Waals surface area contributed by atoms with Gasteiger partial charge in [-0.2, -0.15) is 11.8 Å². The van der Waals surface area contributed by atoms with Crippen molar-refractivity contribution in [2.24, 2.45) is 0 Å². The number of esters is 1. The number of rotatable bonds is 5. The first-order valence-corrected chi connectivity index (χ1v) is 8.25. The molecular formula is C12H18N2O2S2. The van der Waals surface area contributed by atoms with Crippen molar-refractivity contribution in [3.63, 3.8) is 0 Å². The van der Waals surface area contributed by atoms with Gasteiger partial charge in [0.25, 0.3) is 0 Å². The Balaban J connectivity index is 1.83. The maximum atomic E-state index is 11.3. The zero-order valence-electron chi connectivity index (χ0n) is 10.5. The van der Waals surface area contributed by atoms with Crippen LogP contribution >= 0.6 is 23.1 Å². The molecule has 1 unspecified atom stereocenters. The third kappa shape index (κ3) is 4.17. The molecule has 1 aromatic heterocycles. The van der Waals surface area contributed by atoms with Crippen LogP contribution in [0.1, 0.15) is 25.5 Å². The molecule has 0 bridgehead atoms. The molecule has 4 nitrogen and oxygen atoms in total. The van der Waals surface area contributed by atoms with Crippen LogP contribution in [0.5, 0.6) is 0 Å². The fraction of sp³-hybridized carbons (Fsp3) is 0.667. The molecule has 1 atom stereocenters. The van der Waals surface area contributed by atoms with Gasteiger partial charge >= 0.3 is 5.97 Å². The summed E-state index contributed by atoms with van der Waals surface area (Å²) in [7, 11) is 0. The summed E-state index contributed by atoms with van der Waals surface area (Å²) in [5.41, 5.74) is 0.796. The van der Waals surface area contributed by atoms with Gasteiger partial charge in [0.2, 0.25) is 0 Å². The van der Waals surface area contributed by atoms with Gasteiger partial charge in [-0.15, -0.1) is 11.3 Å². The first-order valence-electron chi connectivity index (χ1n) is 6.22. The van der Waals surface area contributed by atoms with E-state index in [4.69, 9.17) is 4.74 Å². The molecule has 0 aromatic carbocycles. The van der Waals surface area contributed by atoms with E-state index in [-0.39, 0.29) is 12.4 Å². The monoisotopic (exact) mass is 286 g/mol. The third-order valence-electron chi connectivity index (χ3n) is 2.67. The van der Waals surface area contributed by atoms with Crippen LogP contribution in [-0.2, 0) is 16.0 Å². The van der Waals surface area contributed by atoms with Gasteiger partial charge in [-0.1, -0.05) is 0 Å². The second-order valence-corrected chi connectivity index (χ2v) is 6.19. The lowest BCUT2D eigenvalue weighted by molar-refractivity contribution is -0.142. The van der Waals surface area contributed by atoms with Crippen molar-refractivity contribution in [1.29, 1.82) is 0 Å². The highest BCUT2D eigenvalue weighted by Gasteiger charge is 2.15. The summed E-state index contributed by atoms with van der Waals surface area (Å²) in [6, 6.07) is 0.519. The van der Waals surface area contributed by atoms with Crippen molar-refractivity contribution in [2.75, 3.05) is 23.4 Å². The molecule has 1 saturated heterocycles. The SMILES string of the molecule is CCOC(=O)Cc1csc(NC2CCCSC2)n1. The molecule has 0 aliphatic carbocycles. The smallest absolute Gasteiger partial charge is 0.311 e. The number of nitrogens with zero attached hydrogens (tertiary/aromatic N) is 1. The van der Waals surface area contributed by atoms with Crippen LogP contribution in [0.2, 0.25) is 0 Å². The number of aromatic nitrogens is 1. The predicted molar refractivity (Wildman–Crippen MR) is 76.4 cm³/mol. The van der Waals surface area contributed by atoms with E-state index in [2.05, 4.69) is 10.3 Å². The average molecular weight is 286 g/mol. The van der Waals surface area contributed by atoms with Crippen molar-refractivity contribution in [2.45, 2.75) is 32.2 Å². The van der Waals surface area contributed by atoms with Crippen LogP contribution in [-0.4, -0.2) is 35.1 Å². The minimum atomic E-state index is -0.206. The molecule has 0 saturated carbocycles. The van der Waals surface area contributed by atoms with Gasteiger partial charge in [-0.05, 0) is 25.5 Å². The largest absolute Gasteiger partial charge is 0.466 e. The molecule has 18 heavy (non-hydrogen) atoms. The Labute approximate surface area is 116 Å². The molecule has 0 radical (unpaired) electrons. The fourth-order valence-electron chi connectivity index (χ4n) is 1.84. The van der Waals surface area contributed by atoms with Crippen molar-refractivity contribution in [1.82, 2.24) is 4.98 Å². The van der Waals surface area contributed by atoms with Crippen LogP contribution < -0.4 is 5.32 Å². The van der Waals surface area contributed by atoms with E-state index in [1.165, 1.54) is 18.6 Å². The van der Waals surface area contributed by atoms with E-state index in [1.807, 2.05) is 24.1 Å². The Hall–Kier alpha value is -0.750. The van der Waals surface area contributed by atoms with E-state index in [1.54, 1.807) is 11.3 Å². The van der Waals surface area contributed by atoms with E-state index >= 15 is 0 Å². The first kappa shape index (κ1) is 13.7. The van der Waals surface area contributed by atoms with E-state index in [0.29, 0.717) is 12.6 Å². The van der Waals surface area contributed by atoms with Crippen molar-refractivity contribution in [3.8, 4) is 0 Å². The third-order valence-corrected chi connectivity index (χ3v) is 4.71. The fourth-order valence-corrected chi connectivity index (χ4v) is 3.70. The van der Waals surface area contributed by atoms with Gasteiger partial charge in [-0.25, -0.2) is 4.98 Å². The van der Waals surface area contributed by atoms with Crippen LogP contribution in [0.25, 0.3) is 0 Å². The number of ether oxygens (including phenoxy) is 1. The average Bonchev–Trinajstić information content (AvgIpc) is 2.78. The molecule has 2 heterocycles. The molecule has 1 fully saturated rings. The number of hydrogen-bond acceptors (Lipinski definition) is 6. The zero-order valence-corrected chi connectivity index (χ0v) is 12.1. The lowest BCUT2D eigenvalue weighted by atomic mass is 10.2. The Bertz CT molecular complexity index is 389. The number of hydrogen-bond donors (Lipinski definition) is 1. The van der Waals surface area contributed by atoms with Crippen LogP contribution in [0.3, 0.4) is 0 Å². The predicted octanol–water partition coefficient (Wildman–Crippen LogP) is 2.56. The van der Waals surface area contributed by atoms with E-state index < -0.39 is 0 Å². The lowest BCUT2D eigenvalue weighted by Crippen LogP contribution is -2.25. The van der Waals surface area contributed by atoms with Crippen molar-refractivity contribution in [3.05, 3.63) is 11.1 Å². The quantitative estimate of drug-likeness (QED) is 0.843. The molecule has 1 N–H and O–H groups in total. The molecule has 2 rings (SSSR count). The Morgan fingerprint density at radius 1 is 1.67 bits per heavy atom. The van der Waals surface area contributed by atoms with Crippen LogP contribution in [0.4, 0.5) is 5.13 Å². The number of carbonyl (C=O) groups excluding carboxylic acids is 1. The van der Waals surface area contributed by atoms with Crippen LogP contribution in [0.15, 0.2) is 5.38 Å². The molecular weight excluding hydrogens is 268 g/mol. The topological polar surface area (TPSA) is 51.2 Å². The molecule has 1 aliphatic rings. The first-order chi connectivity index (χ1) is 8.78.